The summed E-state index contributed by atoms with van der Waals surface area (Å²) in [6.07, 6.45) is 3.89. The molecule has 2 amide bonds. The SMILES string of the molecule is NC(=O)CCn1c(SCC(=O)Nc2cc(C3CC3)nn2-c2ccccc2)nnc1-c1ccco1. The van der Waals surface area contributed by atoms with E-state index in [1.165, 1.54) is 18.0 Å². The van der Waals surface area contributed by atoms with Gasteiger partial charge in [-0.05, 0) is 37.1 Å². The van der Waals surface area contributed by atoms with E-state index in [4.69, 9.17) is 15.2 Å². The lowest BCUT2D eigenvalue weighted by atomic mass is 10.3. The van der Waals surface area contributed by atoms with Gasteiger partial charge in [-0.25, -0.2) is 4.68 Å². The first-order chi connectivity index (χ1) is 16.6. The summed E-state index contributed by atoms with van der Waals surface area (Å²) in [6, 6.07) is 15.2. The molecule has 3 heterocycles. The van der Waals surface area contributed by atoms with Crippen LogP contribution in [0.15, 0.2) is 64.4 Å². The molecule has 174 valence electrons. The molecule has 1 saturated carbocycles. The van der Waals surface area contributed by atoms with Crippen molar-refractivity contribution in [1.29, 1.82) is 0 Å². The van der Waals surface area contributed by atoms with Gasteiger partial charge in [-0.2, -0.15) is 5.10 Å². The Labute approximate surface area is 199 Å². The zero-order valence-corrected chi connectivity index (χ0v) is 19.1. The summed E-state index contributed by atoms with van der Waals surface area (Å²) in [5, 5.41) is 16.6. The van der Waals surface area contributed by atoms with E-state index in [0.717, 1.165) is 24.2 Å². The predicted octanol–water partition coefficient (Wildman–Crippen LogP) is 3.21. The molecule has 1 aliphatic rings. The van der Waals surface area contributed by atoms with E-state index in [2.05, 4.69) is 15.5 Å². The quantitative estimate of drug-likeness (QED) is 0.335. The number of benzene rings is 1. The van der Waals surface area contributed by atoms with Crippen molar-refractivity contribution in [3.63, 3.8) is 0 Å². The van der Waals surface area contributed by atoms with Crippen molar-refractivity contribution in [1.82, 2.24) is 24.5 Å². The Kier molecular flexibility index (Phi) is 6.17. The Balaban J connectivity index is 1.31. The molecule has 3 N–H and O–H groups in total. The molecule has 5 rings (SSSR count). The maximum absolute atomic E-state index is 12.9. The topological polar surface area (TPSA) is 134 Å². The zero-order chi connectivity index (χ0) is 23.5. The van der Waals surface area contributed by atoms with Crippen LogP contribution in [-0.2, 0) is 16.1 Å². The third-order valence-corrected chi connectivity index (χ3v) is 6.33. The highest BCUT2D eigenvalue weighted by molar-refractivity contribution is 7.99. The normalized spacial score (nSPS) is 13.2. The van der Waals surface area contributed by atoms with Crippen LogP contribution in [0.25, 0.3) is 17.3 Å². The summed E-state index contributed by atoms with van der Waals surface area (Å²) in [5.74, 6) is 1.55. The molecule has 1 fully saturated rings. The molecule has 1 aromatic carbocycles. The number of carbonyl (C=O) groups excluding carboxylic acids is 2. The second-order valence-corrected chi connectivity index (χ2v) is 8.91. The van der Waals surface area contributed by atoms with E-state index in [1.807, 2.05) is 36.4 Å². The fraction of sp³-hybridized carbons (Fsp3) is 0.261. The largest absolute Gasteiger partial charge is 0.461 e. The van der Waals surface area contributed by atoms with Crippen molar-refractivity contribution in [2.24, 2.45) is 5.73 Å². The number of primary amides is 1. The van der Waals surface area contributed by atoms with Crippen LogP contribution in [0.3, 0.4) is 0 Å². The van der Waals surface area contributed by atoms with Gasteiger partial charge in [0, 0.05) is 24.9 Å². The summed E-state index contributed by atoms with van der Waals surface area (Å²) in [7, 11) is 0. The first kappa shape index (κ1) is 22.0. The van der Waals surface area contributed by atoms with Gasteiger partial charge in [-0.15, -0.1) is 10.2 Å². The Morgan fingerprint density at radius 2 is 1.97 bits per heavy atom. The highest BCUT2D eigenvalue weighted by Crippen LogP contribution is 2.40. The maximum atomic E-state index is 12.9. The minimum atomic E-state index is -0.437. The van der Waals surface area contributed by atoms with Crippen molar-refractivity contribution in [2.75, 3.05) is 11.1 Å². The molecule has 34 heavy (non-hydrogen) atoms. The minimum Gasteiger partial charge on any atom is -0.461 e. The zero-order valence-electron chi connectivity index (χ0n) is 18.3. The Morgan fingerprint density at radius 1 is 1.15 bits per heavy atom. The molecule has 10 nitrogen and oxygen atoms in total. The Hall–Kier alpha value is -3.86. The predicted molar refractivity (Wildman–Crippen MR) is 126 cm³/mol. The van der Waals surface area contributed by atoms with E-state index < -0.39 is 5.91 Å². The van der Waals surface area contributed by atoms with Crippen LogP contribution in [-0.4, -0.2) is 42.1 Å². The fourth-order valence-corrected chi connectivity index (χ4v) is 4.31. The lowest BCUT2D eigenvalue weighted by Gasteiger charge is -2.10. The number of aromatic nitrogens is 5. The molecule has 0 saturated heterocycles. The number of carbonyl (C=O) groups is 2. The van der Waals surface area contributed by atoms with Crippen molar-refractivity contribution >= 4 is 29.4 Å². The van der Waals surface area contributed by atoms with Crippen molar-refractivity contribution < 1.29 is 14.0 Å². The summed E-state index contributed by atoms with van der Waals surface area (Å²) in [6.45, 7) is 0.286. The molecule has 0 unspecified atom stereocenters. The number of thioether (sulfide) groups is 1. The molecular formula is C23H23N7O3S. The van der Waals surface area contributed by atoms with Gasteiger partial charge in [0.25, 0.3) is 0 Å². The number of nitrogens with zero attached hydrogens (tertiary/aromatic N) is 5. The van der Waals surface area contributed by atoms with Crippen LogP contribution in [0.4, 0.5) is 5.82 Å². The number of nitrogens with two attached hydrogens (primary N) is 1. The van der Waals surface area contributed by atoms with Gasteiger partial charge in [-0.1, -0.05) is 30.0 Å². The molecular weight excluding hydrogens is 454 g/mol. The van der Waals surface area contributed by atoms with E-state index >= 15 is 0 Å². The summed E-state index contributed by atoms with van der Waals surface area (Å²) in [4.78, 5) is 24.2. The number of hydrogen-bond acceptors (Lipinski definition) is 7. The Bertz CT molecular complexity index is 1290. The lowest BCUT2D eigenvalue weighted by Crippen LogP contribution is -2.18. The highest BCUT2D eigenvalue weighted by Gasteiger charge is 2.28. The van der Waals surface area contributed by atoms with E-state index in [1.54, 1.807) is 21.4 Å². The number of amides is 2. The van der Waals surface area contributed by atoms with Crippen LogP contribution in [0.5, 0.6) is 0 Å². The second-order valence-electron chi connectivity index (χ2n) is 7.96. The summed E-state index contributed by atoms with van der Waals surface area (Å²) < 4.78 is 8.93. The van der Waals surface area contributed by atoms with Crippen LogP contribution >= 0.6 is 11.8 Å². The highest BCUT2D eigenvalue weighted by atomic mass is 32.2. The fourth-order valence-electron chi connectivity index (χ4n) is 3.55. The number of anilines is 1. The third kappa shape index (κ3) is 4.88. The van der Waals surface area contributed by atoms with Crippen LogP contribution in [0.1, 0.15) is 30.9 Å². The van der Waals surface area contributed by atoms with Gasteiger partial charge in [0.15, 0.2) is 16.7 Å². The monoisotopic (exact) mass is 477 g/mol. The molecule has 11 heteroatoms. The molecule has 0 bridgehead atoms. The average Bonchev–Trinajstić information content (AvgIpc) is 3.22. The molecule has 0 radical (unpaired) electrons. The van der Waals surface area contributed by atoms with Gasteiger partial charge in [-0.3, -0.25) is 14.2 Å². The number of rotatable bonds is 10. The molecule has 0 spiro atoms. The van der Waals surface area contributed by atoms with Gasteiger partial charge >= 0.3 is 0 Å². The van der Waals surface area contributed by atoms with Gasteiger partial charge in [0.2, 0.25) is 11.8 Å². The lowest BCUT2D eigenvalue weighted by molar-refractivity contribution is -0.118. The minimum absolute atomic E-state index is 0.103. The smallest absolute Gasteiger partial charge is 0.236 e. The first-order valence-electron chi connectivity index (χ1n) is 10.9. The number of hydrogen-bond donors (Lipinski definition) is 2. The van der Waals surface area contributed by atoms with Crippen molar-refractivity contribution in [3.8, 4) is 17.3 Å². The average molecular weight is 478 g/mol. The molecule has 0 atom stereocenters. The third-order valence-electron chi connectivity index (χ3n) is 5.36. The van der Waals surface area contributed by atoms with Crippen molar-refractivity contribution in [2.45, 2.75) is 36.9 Å². The van der Waals surface area contributed by atoms with Gasteiger partial charge in [0.05, 0.1) is 23.4 Å². The second kappa shape index (κ2) is 9.56. The summed E-state index contributed by atoms with van der Waals surface area (Å²) in [5.41, 5.74) is 7.20. The van der Waals surface area contributed by atoms with E-state index in [0.29, 0.717) is 28.5 Å². The van der Waals surface area contributed by atoms with Crippen LogP contribution in [0.2, 0.25) is 0 Å². The standard InChI is InChI=1S/C23H23N7O3S/c24-19(31)10-11-29-22(18-7-4-12-33-18)26-27-23(29)34-14-21(32)25-20-13-17(15-8-9-15)28-30(20)16-5-2-1-3-6-16/h1-7,12-13,15H,8-11,14H2,(H2,24,31)(H,25,32). The molecule has 3 aromatic heterocycles. The van der Waals surface area contributed by atoms with Gasteiger partial charge < -0.3 is 15.5 Å². The van der Waals surface area contributed by atoms with E-state index in [9.17, 15) is 9.59 Å². The maximum Gasteiger partial charge on any atom is 0.236 e. The first-order valence-corrected chi connectivity index (χ1v) is 11.9. The number of furan rings is 1. The number of nitrogens with one attached hydrogen (secondary N) is 1. The Morgan fingerprint density at radius 3 is 2.68 bits per heavy atom. The van der Waals surface area contributed by atoms with E-state index in [-0.39, 0.29) is 24.6 Å². The molecule has 1 aliphatic carbocycles. The van der Waals surface area contributed by atoms with Crippen LogP contribution in [0, 0.1) is 0 Å². The molecule has 0 aliphatic heterocycles. The summed E-state index contributed by atoms with van der Waals surface area (Å²) >= 11 is 1.23. The van der Waals surface area contributed by atoms with Crippen LogP contribution < -0.4 is 11.1 Å². The number of para-hydroxylation sites is 1. The van der Waals surface area contributed by atoms with Crippen molar-refractivity contribution in [3.05, 3.63) is 60.5 Å². The molecule has 4 aromatic rings. The van der Waals surface area contributed by atoms with Gasteiger partial charge in [0.1, 0.15) is 5.82 Å².